The Balaban J connectivity index is 1.54. The van der Waals surface area contributed by atoms with Gasteiger partial charge in [0.05, 0.1) is 11.1 Å². The number of para-hydroxylation sites is 1. The first-order valence-corrected chi connectivity index (χ1v) is 9.07. The molecule has 2 aromatic rings. The first-order chi connectivity index (χ1) is 13.5. The molecule has 142 valence electrons. The van der Waals surface area contributed by atoms with Gasteiger partial charge in [0, 0.05) is 24.2 Å². The number of nitrogens with zero attached hydrogens (tertiary/aromatic N) is 3. The first-order valence-electron chi connectivity index (χ1n) is 8.19. The van der Waals surface area contributed by atoms with Gasteiger partial charge in [-0.2, -0.15) is 5.10 Å². The number of carbonyl (C=O) groups is 2. The molecule has 0 bridgehead atoms. The fourth-order valence-corrected chi connectivity index (χ4v) is 3.24. The van der Waals surface area contributed by atoms with Crippen molar-refractivity contribution in [2.24, 2.45) is 10.2 Å². The molecule has 10 heteroatoms. The standard InChI is InChI=1S/C18H15N5O4S/c24-16(20-13-4-2-1-3-5-13)10-15-17(25)21-18(28-15)22-19-11-12-6-8-14(9-7-12)23(26)27/h1-9,11,15H,10H2,(H,20,24)(H,21,22,25)/b19-11+. The highest BCUT2D eigenvalue weighted by Crippen LogP contribution is 2.23. The summed E-state index contributed by atoms with van der Waals surface area (Å²) in [6.07, 6.45) is 1.43. The number of thioether (sulfide) groups is 1. The molecule has 0 spiro atoms. The predicted octanol–water partition coefficient (Wildman–Crippen LogP) is 2.55. The maximum Gasteiger partial charge on any atom is 0.269 e. The SMILES string of the molecule is O=C(CC1S/C(=N/N=C/c2ccc([N+](=O)[O-])cc2)NC1=O)Nc1ccccc1. The Morgan fingerprint density at radius 2 is 1.93 bits per heavy atom. The Kier molecular flexibility index (Phi) is 6.12. The van der Waals surface area contributed by atoms with Gasteiger partial charge in [-0.25, -0.2) is 0 Å². The zero-order valence-corrected chi connectivity index (χ0v) is 15.3. The molecular weight excluding hydrogens is 382 g/mol. The number of carbonyl (C=O) groups excluding carboxylic acids is 2. The van der Waals surface area contributed by atoms with Crippen molar-refractivity contribution >= 4 is 46.3 Å². The zero-order chi connectivity index (χ0) is 19.9. The van der Waals surface area contributed by atoms with Gasteiger partial charge in [-0.05, 0) is 29.8 Å². The summed E-state index contributed by atoms with van der Waals surface area (Å²) in [6, 6.07) is 14.8. The number of hydrogen-bond acceptors (Lipinski definition) is 7. The highest BCUT2D eigenvalue weighted by molar-refractivity contribution is 8.15. The molecule has 2 N–H and O–H groups in total. The van der Waals surface area contributed by atoms with Crippen LogP contribution in [0.2, 0.25) is 0 Å². The highest BCUT2D eigenvalue weighted by atomic mass is 32.2. The van der Waals surface area contributed by atoms with Crippen molar-refractivity contribution in [1.82, 2.24) is 5.32 Å². The van der Waals surface area contributed by atoms with Crippen molar-refractivity contribution < 1.29 is 14.5 Å². The number of non-ortho nitro benzene ring substituents is 1. The van der Waals surface area contributed by atoms with Crippen molar-refractivity contribution in [2.45, 2.75) is 11.7 Å². The van der Waals surface area contributed by atoms with E-state index in [2.05, 4.69) is 20.8 Å². The molecule has 28 heavy (non-hydrogen) atoms. The molecule has 1 aliphatic heterocycles. The van der Waals surface area contributed by atoms with Gasteiger partial charge in [-0.3, -0.25) is 19.7 Å². The van der Waals surface area contributed by atoms with E-state index in [1.807, 2.05) is 6.07 Å². The third-order valence-corrected chi connectivity index (χ3v) is 4.74. The summed E-state index contributed by atoms with van der Waals surface area (Å²) in [5, 5.41) is 23.4. The molecule has 1 fully saturated rings. The monoisotopic (exact) mass is 397 g/mol. The van der Waals surface area contributed by atoms with Crippen molar-refractivity contribution in [3.8, 4) is 0 Å². The molecule has 1 atom stereocenters. The maximum absolute atomic E-state index is 12.1. The van der Waals surface area contributed by atoms with E-state index < -0.39 is 10.2 Å². The van der Waals surface area contributed by atoms with Crippen LogP contribution in [-0.2, 0) is 9.59 Å². The second kappa shape index (κ2) is 8.91. The van der Waals surface area contributed by atoms with E-state index >= 15 is 0 Å². The number of nitrogens with one attached hydrogen (secondary N) is 2. The third-order valence-electron chi connectivity index (χ3n) is 3.66. The predicted molar refractivity (Wildman–Crippen MR) is 107 cm³/mol. The van der Waals surface area contributed by atoms with E-state index in [4.69, 9.17) is 0 Å². The number of rotatable bonds is 6. The lowest BCUT2D eigenvalue weighted by molar-refractivity contribution is -0.384. The quantitative estimate of drug-likeness (QED) is 0.440. The summed E-state index contributed by atoms with van der Waals surface area (Å²) < 4.78 is 0. The van der Waals surface area contributed by atoms with Crippen LogP contribution in [0.3, 0.4) is 0 Å². The number of amidine groups is 1. The second-order valence-corrected chi connectivity index (χ2v) is 6.90. The van der Waals surface area contributed by atoms with Crippen molar-refractivity contribution in [2.75, 3.05) is 5.32 Å². The molecule has 0 aromatic heterocycles. The number of nitro groups is 1. The van der Waals surface area contributed by atoms with Gasteiger partial charge in [0.15, 0.2) is 5.17 Å². The molecule has 3 rings (SSSR count). The number of nitro benzene ring substituents is 1. The van der Waals surface area contributed by atoms with Crippen LogP contribution < -0.4 is 10.6 Å². The van der Waals surface area contributed by atoms with Gasteiger partial charge in [0.25, 0.3) is 5.69 Å². The molecule has 0 aliphatic carbocycles. The maximum atomic E-state index is 12.1. The number of amides is 2. The number of anilines is 1. The van der Waals surface area contributed by atoms with Crippen molar-refractivity contribution in [3.05, 3.63) is 70.3 Å². The van der Waals surface area contributed by atoms with Gasteiger partial charge >= 0.3 is 0 Å². The van der Waals surface area contributed by atoms with Crippen LogP contribution in [0, 0.1) is 10.1 Å². The van der Waals surface area contributed by atoms with Gasteiger partial charge in [0.2, 0.25) is 11.8 Å². The van der Waals surface area contributed by atoms with E-state index in [9.17, 15) is 19.7 Å². The lowest BCUT2D eigenvalue weighted by atomic mass is 10.2. The van der Waals surface area contributed by atoms with E-state index in [0.29, 0.717) is 16.4 Å². The van der Waals surface area contributed by atoms with E-state index in [0.717, 1.165) is 11.8 Å². The van der Waals surface area contributed by atoms with Crippen molar-refractivity contribution in [3.63, 3.8) is 0 Å². The lowest BCUT2D eigenvalue weighted by Gasteiger charge is -2.06. The zero-order valence-electron chi connectivity index (χ0n) is 14.4. The number of benzene rings is 2. The minimum absolute atomic E-state index is 0.0104. The third kappa shape index (κ3) is 5.24. The van der Waals surface area contributed by atoms with Crippen LogP contribution in [0.5, 0.6) is 0 Å². The Labute approximate surface area is 164 Å². The molecule has 1 saturated heterocycles. The molecule has 1 heterocycles. The molecular formula is C18H15N5O4S. The molecule has 1 aliphatic rings. The largest absolute Gasteiger partial charge is 0.326 e. The average Bonchev–Trinajstić information content (AvgIpc) is 3.02. The smallest absolute Gasteiger partial charge is 0.269 e. The van der Waals surface area contributed by atoms with Crippen LogP contribution in [-0.4, -0.2) is 33.4 Å². The summed E-state index contributed by atoms with van der Waals surface area (Å²) in [5.74, 6) is -0.577. The van der Waals surface area contributed by atoms with E-state index in [1.165, 1.54) is 18.3 Å². The molecule has 0 radical (unpaired) electrons. The van der Waals surface area contributed by atoms with Crippen LogP contribution in [0.15, 0.2) is 64.8 Å². The summed E-state index contributed by atoms with van der Waals surface area (Å²) in [5.41, 5.74) is 1.28. The Hall–Kier alpha value is -3.53. The van der Waals surface area contributed by atoms with Gasteiger partial charge in [-0.1, -0.05) is 30.0 Å². The second-order valence-electron chi connectivity index (χ2n) is 5.71. The minimum Gasteiger partial charge on any atom is -0.326 e. The molecule has 0 saturated carbocycles. The van der Waals surface area contributed by atoms with E-state index in [-0.39, 0.29) is 23.9 Å². The average molecular weight is 397 g/mol. The van der Waals surface area contributed by atoms with Crippen LogP contribution in [0.25, 0.3) is 0 Å². The van der Waals surface area contributed by atoms with E-state index in [1.54, 1.807) is 36.4 Å². The van der Waals surface area contributed by atoms with Crippen LogP contribution in [0.4, 0.5) is 11.4 Å². The molecule has 9 nitrogen and oxygen atoms in total. The molecule has 2 aromatic carbocycles. The Bertz CT molecular complexity index is 944. The van der Waals surface area contributed by atoms with Crippen molar-refractivity contribution in [1.29, 1.82) is 0 Å². The summed E-state index contributed by atoms with van der Waals surface area (Å²) in [4.78, 5) is 34.2. The first kappa shape index (κ1) is 19.2. The van der Waals surface area contributed by atoms with Gasteiger partial charge < -0.3 is 10.6 Å². The molecule has 2 amide bonds. The van der Waals surface area contributed by atoms with Gasteiger partial charge in [-0.15, -0.1) is 5.10 Å². The summed E-state index contributed by atoms with van der Waals surface area (Å²) in [6.45, 7) is 0. The lowest BCUT2D eigenvalue weighted by Crippen LogP contribution is -2.28. The normalized spacial score (nSPS) is 17.6. The fourth-order valence-electron chi connectivity index (χ4n) is 2.32. The topological polar surface area (TPSA) is 126 Å². The van der Waals surface area contributed by atoms with Crippen LogP contribution in [0.1, 0.15) is 12.0 Å². The molecule has 1 unspecified atom stereocenters. The minimum atomic E-state index is -0.586. The highest BCUT2D eigenvalue weighted by Gasteiger charge is 2.32. The Morgan fingerprint density at radius 3 is 2.61 bits per heavy atom. The van der Waals surface area contributed by atoms with Crippen LogP contribution >= 0.6 is 11.8 Å². The fraction of sp³-hybridized carbons (Fsp3) is 0.111. The summed E-state index contributed by atoms with van der Waals surface area (Å²) >= 11 is 1.12. The number of hydrogen-bond donors (Lipinski definition) is 2. The summed E-state index contributed by atoms with van der Waals surface area (Å²) in [7, 11) is 0. The Morgan fingerprint density at radius 1 is 1.21 bits per heavy atom. The van der Waals surface area contributed by atoms with Gasteiger partial charge in [0.1, 0.15) is 5.25 Å².